The van der Waals surface area contributed by atoms with Gasteiger partial charge in [0.15, 0.2) is 0 Å². The molecule has 3 aromatic rings. The Kier molecular flexibility index (Phi) is 5.82. The standard InChI is InChI=1S/C18H17N5O3S/c1-12-4-3-5-14(10-12)19-16(24)11-27-18-20-21-22-23(18)15-8-6-13(7-9-15)17(25)26-2/h3-10H,11H2,1-2H3,(H,19,24). The first kappa shape index (κ1) is 18.6. The van der Waals surface area contributed by atoms with Crippen molar-refractivity contribution in [1.29, 1.82) is 0 Å². The van der Waals surface area contributed by atoms with E-state index in [2.05, 4.69) is 25.6 Å². The molecule has 27 heavy (non-hydrogen) atoms. The third-order valence-corrected chi connectivity index (χ3v) is 4.53. The number of amides is 1. The minimum absolute atomic E-state index is 0.152. The summed E-state index contributed by atoms with van der Waals surface area (Å²) in [6.45, 7) is 1.96. The molecule has 0 aliphatic rings. The van der Waals surface area contributed by atoms with Crippen molar-refractivity contribution in [2.45, 2.75) is 12.1 Å². The number of hydrogen-bond donors (Lipinski definition) is 1. The van der Waals surface area contributed by atoms with Gasteiger partial charge in [0.25, 0.3) is 0 Å². The minimum atomic E-state index is -0.416. The highest BCUT2D eigenvalue weighted by Crippen LogP contribution is 2.19. The lowest BCUT2D eigenvalue weighted by atomic mass is 10.2. The van der Waals surface area contributed by atoms with Crippen LogP contribution in [0.5, 0.6) is 0 Å². The van der Waals surface area contributed by atoms with Gasteiger partial charge < -0.3 is 10.1 Å². The fourth-order valence-corrected chi connectivity index (χ4v) is 3.03. The number of hydrogen-bond acceptors (Lipinski definition) is 7. The first-order chi connectivity index (χ1) is 13.1. The predicted octanol–water partition coefficient (Wildman–Crippen LogP) is 2.49. The van der Waals surface area contributed by atoms with E-state index in [1.165, 1.54) is 23.6 Å². The highest BCUT2D eigenvalue weighted by molar-refractivity contribution is 7.99. The van der Waals surface area contributed by atoms with E-state index in [0.29, 0.717) is 16.4 Å². The Hall–Kier alpha value is -3.20. The van der Waals surface area contributed by atoms with Crippen LogP contribution in [0, 0.1) is 6.92 Å². The molecule has 1 N–H and O–H groups in total. The number of aromatic nitrogens is 4. The quantitative estimate of drug-likeness (QED) is 0.516. The number of methoxy groups -OCH3 is 1. The summed E-state index contributed by atoms with van der Waals surface area (Å²) < 4.78 is 6.18. The fraction of sp³-hybridized carbons (Fsp3) is 0.167. The van der Waals surface area contributed by atoms with Gasteiger partial charge in [0.1, 0.15) is 0 Å². The Morgan fingerprint density at radius 1 is 1.19 bits per heavy atom. The molecule has 0 saturated carbocycles. The maximum absolute atomic E-state index is 12.2. The molecule has 3 rings (SSSR count). The molecule has 138 valence electrons. The molecule has 9 heteroatoms. The molecule has 0 fully saturated rings. The highest BCUT2D eigenvalue weighted by Gasteiger charge is 2.13. The van der Waals surface area contributed by atoms with E-state index in [1.54, 1.807) is 24.3 Å². The number of benzene rings is 2. The SMILES string of the molecule is COC(=O)c1ccc(-n2nnnc2SCC(=O)Nc2cccc(C)c2)cc1. The lowest BCUT2D eigenvalue weighted by Gasteiger charge is -2.07. The van der Waals surface area contributed by atoms with Crippen LogP contribution in [0.1, 0.15) is 15.9 Å². The molecule has 0 radical (unpaired) electrons. The average Bonchev–Trinajstić information content (AvgIpc) is 3.14. The molecule has 0 bridgehead atoms. The summed E-state index contributed by atoms with van der Waals surface area (Å²) >= 11 is 1.22. The molecule has 0 unspecified atom stereocenters. The van der Waals surface area contributed by atoms with Crippen molar-refractivity contribution in [2.24, 2.45) is 0 Å². The Bertz CT molecular complexity index is 956. The van der Waals surface area contributed by atoms with Gasteiger partial charge in [0.2, 0.25) is 11.1 Å². The van der Waals surface area contributed by atoms with Crippen molar-refractivity contribution in [3.8, 4) is 5.69 Å². The number of anilines is 1. The molecule has 0 saturated heterocycles. The van der Waals surface area contributed by atoms with E-state index in [0.717, 1.165) is 11.3 Å². The van der Waals surface area contributed by atoms with Crippen LogP contribution in [0.2, 0.25) is 0 Å². The molecular formula is C18H17N5O3S. The van der Waals surface area contributed by atoms with Crippen LogP contribution in [0.3, 0.4) is 0 Å². The van der Waals surface area contributed by atoms with Crippen molar-refractivity contribution in [3.63, 3.8) is 0 Å². The number of tetrazole rings is 1. The van der Waals surface area contributed by atoms with Crippen LogP contribution < -0.4 is 5.32 Å². The van der Waals surface area contributed by atoms with Gasteiger partial charge in [-0.2, -0.15) is 4.68 Å². The summed E-state index contributed by atoms with van der Waals surface area (Å²) in [6, 6.07) is 14.3. The molecule has 1 amide bonds. The van der Waals surface area contributed by atoms with Gasteiger partial charge in [-0.3, -0.25) is 4.79 Å². The Labute approximate surface area is 159 Å². The number of esters is 1. The van der Waals surface area contributed by atoms with Gasteiger partial charge >= 0.3 is 5.97 Å². The molecule has 1 heterocycles. The molecule has 0 spiro atoms. The number of nitrogens with zero attached hydrogens (tertiary/aromatic N) is 4. The first-order valence-electron chi connectivity index (χ1n) is 8.03. The predicted molar refractivity (Wildman–Crippen MR) is 101 cm³/mol. The normalized spacial score (nSPS) is 10.4. The summed E-state index contributed by atoms with van der Waals surface area (Å²) in [6.07, 6.45) is 0. The summed E-state index contributed by atoms with van der Waals surface area (Å²) in [5, 5.41) is 14.9. The Balaban J connectivity index is 1.65. The van der Waals surface area contributed by atoms with Crippen molar-refractivity contribution < 1.29 is 14.3 Å². The van der Waals surface area contributed by atoms with Gasteiger partial charge in [0.05, 0.1) is 24.1 Å². The smallest absolute Gasteiger partial charge is 0.337 e. The van der Waals surface area contributed by atoms with Crippen molar-refractivity contribution in [3.05, 3.63) is 59.7 Å². The van der Waals surface area contributed by atoms with E-state index in [-0.39, 0.29) is 11.7 Å². The average molecular weight is 383 g/mol. The molecule has 2 aromatic carbocycles. The zero-order valence-corrected chi connectivity index (χ0v) is 15.6. The van der Waals surface area contributed by atoms with Gasteiger partial charge in [-0.05, 0) is 59.3 Å². The number of nitrogens with one attached hydrogen (secondary N) is 1. The minimum Gasteiger partial charge on any atom is -0.465 e. The third kappa shape index (κ3) is 4.70. The topological polar surface area (TPSA) is 99.0 Å². The van der Waals surface area contributed by atoms with Gasteiger partial charge in [-0.15, -0.1) is 5.10 Å². The molecule has 1 aromatic heterocycles. The Morgan fingerprint density at radius 3 is 2.67 bits per heavy atom. The number of carbonyl (C=O) groups excluding carboxylic acids is 2. The van der Waals surface area contributed by atoms with Gasteiger partial charge in [-0.1, -0.05) is 23.9 Å². The fourth-order valence-electron chi connectivity index (χ4n) is 2.34. The van der Waals surface area contributed by atoms with Crippen molar-refractivity contribution >= 4 is 29.3 Å². The summed E-state index contributed by atoms with van der Waals surface area (Å²) in [5.74, 6) is -0.406. The van der Waals surface area contributed by atoms with Crippen LogP contribution >= 0.6 is 11.8 Å². The molecule has 0 atom stereocenters. The highest BCUT2D eigenvalue weighted by atomic mass is 32.2. The molecule has 0 aliphatic heterocycles. The zero-order valence-electron chi connectivity index (χ0n) is 14.7. The largest absolute Gasteiger partial charge is 0.465 e. The second-order valence-electron chi connectivity index (χ2n) is 5.62. The lowest BCUT2D eigenvalue weighted by Crippen LogP contribution is -2.14. The van der Waals surface area contributed by atoms with E-state index in [4.69, 9.17) is 0 Å². The molecule has 8 nitrogen and oxygen atoms in total. The molecular weight excluding hydrogens is 366 g/mol. The number of thioether (sulfide) groups is 1. The third-order valence-electron chi connectivity index (χ3n) is 3.61. The number of aryl methyl sites for hydroxylation is 1. The summed E-state index contributed by atoms with van der Waals surface area (Å²) in [5.41, 5.74) is 2.92. The number of carbonyl (C=O) groups is 2. The monoisotopic (exact) mass is 383 g/mol. The Morgan fingerprint density at radius 2 is 1.96 bits per heavy atom. The van der Waals surface area contributed by atoms with Gasteiger partial charge in [0, 0.05) is 5.69 Å². The maximum atomic E-state index is 12.2. The van der Waals surface area contributed by atoms with Crippen LogP contribution in [0.15, 0.2) is 53.7 Å². The molecule has 0 aliphatic carbocycles. The van der Waals surface area contributed by atoms with Crippen LogP contribution in [-0.2, 0) is 9.53 Å². The maximum Gasteiger partial charge on any atom is 0.337 e. The second-order valence-corrected chi connectivity index (χ2v) is 6.56. The second kappa shape index (κ2) is 8.45. The van der Waals surface area contributed by atoms with Crippen LogP contribution in [-0.4, -0.2) is 44.9 Å². The van der Waals surface area contributed by atoms with Gasteiger partial charge in [-0.25, -0.2) is 4.79 Å². The summed E-state index contributed by atoms with van der Waals surface area (Å²) in [7, 11) is 1.33. The van der Waals surface area contributed by atoms with E-state index in [9.17, 15) is 9.59 Å². The van der Waals surface area contributed by atoms with Crippen molar-refractivity contribution in [1.82, 2.24) is 20.2 Å². The van der Waals surface area contributed by atoms with Crippen LogP contribution in [0.25, 0.3) is 5.69 Å². The first-order valence-corrected chi connectivity index (χ1v) is 9.02. The van der Waals surface area contributed by atoms with E-state index < -0.39 is 5.97 Å². The van der Waals surface area contributed by atoms with E-state index >= 15 is 0 Å². The van der Waals surface area contributed by atoms with Crippen molar-refractivity contribution in [2.75, 3.05) is 18.2 Å². The summed E-state index contributed by atoms with van der Waals surface area (Å²) in [4.78, 5) is 23.7. The number of rotatable bonds is 6. The lowest BCUT2D eigenvalue weighted by molar-refractivity contribution is -0.113. The van der Waals surface area contributed by atoms with Crippen LogP contribution in [0.4, 0.5) is 5.69 Å². The number of ether oxygens (including phenoxy) is 1. The van der Waals surface area contributed by atoms with E-state index in [1.807, 2.05) is 31.2 Å². The zero-order chi connectivity index (χ0) is 19.2.